The minimum atomic E-state index is 0.931. The molecule has 1 radical (unpaired) electrons. The maximum atomic E-state index is 6.25. The van der Waals surface area contributed by atoms with E-state index < -0.39 is 0 Å². The molecular weight excluding hydrogens is 296 g/mol. The Hall–Kier alpha value is -2.94. The van der Waals surface area contributed by atoms with E-state index >= 15 is 0 Å². The van der Waals surface area contributed by atoms with Crippen molar-refractivity contribution < 1.29 is 4.42 Å². The van der Waals surface area contributed by atoms with Crippen LogP contribution in [0.1, 0.15) is 5.56 Å². The average Bonchev–Trinajstić information content (AvgIpc) is 3.13. The van der Waals surface area contributed by atoms with Gasteiger partial charge in [-0.3, -0.25) is 0 Å². The van der Waals surface area contributed by atoms with Crippen LogP contribution in [-0.2, 0) is 0 Å². The van der Waals surface area contributed by atoms with Gasteiger partial charge in [0.25, 0.3) is 0 Å². The highest BCUT2D eigenvalue weighted by Crippen LogP contribution is 2.46. The van der Waals surface area contributed by atoms with Crippen molar-refractivity contribution in [3.05, 3.63) is 72.9 Å². The van der Waals surface area contributed by atoms with Gasteiger partial charge in [0.1, 0.15) is 12.3 Å². The molecule has 24 heavy (non-hydrogen) atoms. The summed E-state index contributed by atoms with van der Waals surface area (Å²) >= 11 is 0. The number of hydrogen-bond acceptors (Lipinski definition) is 3. The van der Waals surface area contributed by atoms with Gasteiger partial charge >= 0.3 is 0 Å². The van der Waals surface area contributed by atoms with Crippen LogP contribution in [0, 0.1) is 13.6 Å². The first-order chi connectivity index (χ1) is 11.7. The number of furan rings is 1. The van der Waals surface area contributed by atoms with Crippen LogP contribution in [0.25, 0.3) is 21.9 Å². The summed E-state index contributed by atoms with van der Waals surface area (Å²) in [7, 11) is 2.08. The second kappa shape index (κ2) is 4.78. The number of para-hydroxylation sites is 3. The van der Waals surface area contributed by atoms with Gasteiger partial charge in [-0.15, -0.1) is 0 Å². The smallest absolute Gasteiger partial charge is 0.159 e. The lowest BCUT2D eigenvalue weighted by Gasteiger charge is -2.21. The first kappa shape index (κ1) is 13.5. The summed E-state index contributed by atoms with van der Waals surface area (Å²) in [6.07, 6.45) is 0. The normalized spacial score (nSPS) is 13.9. The fourth-order valence-corrected chi connectivity index (χ4v) is 3.61. The lowest BCUT2D eigenvalue weighted by Crippen LogP contribution is -2.18. The first-order valence-electron chi connectivity index (χ1n) is 8.11. The van der Waals surface area contributed by atoms with E-state index in [1.807, 2.05) is 12.1 Å². The Bertz CT molecular complexity index is 1080. The molecule has 0 amide bonds. The number of fused-ring (bicyclic) bond motifs is 4. The van der Waals surface area contributed by atoms with Gasteiger partial charge in [-0.2, -0.15) is 0 Å². The van der Waals surface area contributed by atoms with Crippen LogP contribution in [0.15, 0.2) is 65.1 Å². The summed E-state index contributed by atoms with van der Waals surface area (Å²) in [4.78, 5) is 4.38. The Morgan fingerprint density at radius 1 is 0.792 bits per heavy atom. The number of rotatable bonds is 1. The van der Waals surface area contributed by atoms with Gasteiger partial charge in [0.2, 0.25) is 0 Å². The summed E-state index contributed by atoms with van der Waals surface area (Å²) in [6.45, 7) is 4.26. The van der Waals surface area contributed by atoms with Crippen LogP contribution < -0.4 is 9.80 Å². The zero-order valence-electron chi connectivity index (χ0n) is 13.7. The molecule has 0 unspecified atom stereocenters. The molecule has 0 spiro atoms. The maximum Gasteiger partial charge on any atom is 0.159 e. The summed E-state index contributed by atoms with van der Waals surface area (Å²) in [5, 5.41) is 2.32. The van der Waals surface area contributed by atoms with E-state index in [1.54, 1.807) is 0 Å². The third-order valence-electron chi connectivity index (χ3n) is 4.77. The van der Waals surface area contributed by atoms with Crippen molar-refractivity contribution in [2.75, 3.05) is 16.8 Å². The Labute approximate surface area is 140 Å². The number of hydrogen-bond donors (Lipinski definition) is 0. The molecule has 4 aromatic rings. The summed E-state index contributed by atoms with van der Waals surface area (Å²) in [5.74, 6) is 0. The molecular formula is C21H17N2O. The third kappa shape index (κ3) is 1.72. The average molecular weight is 313 g/mol. The number of nitrogens with zero attached hydrogens (tertiary/aromatic N) is 2. The highest BCUT2D eigenvalue weighted by Gasteiger charge is 2.28. The largest absolute Gasteiger partial charge is 0.454 e. The van der Waals surface area contributed by atoms with Gasteiger partial charge in [-0.1, -0.05) is 42.5 Å². The highest BCUT2D eigenvalue weighted by molar-refractivity contribution is 6.10. The summed E-state index contributed by atoms with van der Waals surface area (Å²) < 4.78 is 6.25. The van der Waals surface area contributed by atoms with E-state index in [0.29, 0.717) is 0 Å². The second-order valence-corrected chi connectivity index (χ2v) is 6.29. The zero-order chi connectivity index (χ0) is 16.3. The van der Waals surface area contributed by atoms with Crippen LogP contribution in [0.5, 0.6) is 0 Å². The van der Waals surface area contributed by atoms with Crippen molar-refractivity contribution in [3.63, 3.8) is 0 Å². The van der Waals surface area contributed by atoms with Gasteiger partial charge in [0.05, 0.1) is 17.1 Å². The van der Waals surface area contributed by atoms with Crippen molar-refractivity contribution in [1.29, 1.82) is 0 Å². The van der Waals surface area contributed by atoms with Crippen LogP contribution in [0.2, 0.25) is 0 Å². The van der Waals surface area contributed by atoms with E-state index in [2.05, 4.69) is 79.0 Å². The van der Waals surface area contributed by atoms with Crippen molar-refractivity contribution in [1.82, 2.24) is 0 Å². The quantitative estimate of drug-likeness (QED) is 0.456. The molecule has 0 saturated carbocycles. The summed E-state index contributed by atoms with van der Waals surface area (Å²) in [6, 6.07) is 21.0. The molecule has 3 nitrogen and oxygen atoms in total. The molecule has 3 aromatic carbocycles. The van der Waals surface area contributed by atoms with Crippen LogP contribution in [0.4, 0.5) is 17.1 Å². The second-order valence-electron chi connectivity index (χ2n) is 6.29. The van der Waals surface area contributed by atoms with E-state index in [-0.39, 0.29) is 0 Å². The molecule has 0 fully saturated rings. The molecule has 3 heteroatoms. The topological polar surface area (TPSA) is 19.6 Å². The van der Waals surface area contributed by atoms with E-state index in [1.165, 1.54) is 16.9 Å². The van der Waals surface area contributed by atoms with Gasteiger partial charge in [0.15, 0.2) is 5.58 Å². The fourth-order valence-electron chi connectivity index (χ4n) is 3.61. The van der Waals surface area contributed by atoms with E-state index in [9.17, 15) is 0 Å². The Kier molecular flexibility index (Phi) is 2.69. The predicted octanol–water partition coefficient (Wildman–Crippen LogP) is 5.60. The number of benzene rings is 3. The number of anilines is 3. The molecule has 5 rings (SSSR count). The fraction of sp³-hybridized carbons (Fsp3) is 0.0952. The lowest BCUT2D eigenvalue weighted by molar-refractivity contribution is 0.668. The monoisotopic (exact) mass is 313 g/mol. The molecule has 0 saturated heterocycles. The zero-order valence-corrected chi connectivity index (χ0v) is 13.7. The predicted molar refractivity (Wildman–Crippen MR) is 99.7 cm³/mol. The Balaban J connectivity index is 1.83. The van der Waals surface area contributed by atoms with Gasteiger partial charge < -0.3 is 14.2 Å². The Morgan fingerprint density at radius 2 is 1.54 bits per heavy atom. The van der Waals surface area contributed by atoms with Crippen molar-refractivity contribution in [2.45, 2.75) is 6.92 Å². The van der Waals surface area contributed by atoms with Crippen molar-refractivity contribution >= 4 is 39.0 Å². The molecule has 0 N–H and O–H groups in total. The summed E-state index contributed by atoms with van der Waals surface area (Å²) in [5.41, 5.74) is 6.56. The molecule has 0 bridgehead atoms. The standard InChI is InChI=1S/C21H17N2O/c1-14-11-12-16-15-7-3-6-10-19(15)24-21(16)20(14)23-13-22(2)17-8-4-5-9-18(17)23/h3-13H,1-2H3. The lowest BCUT2D eigenvalue weighted by atomic mass is 10.1. The van der Waals surface area contributed by atoms with Crippen LogP contribution in [0.3, 0.4) is 0 Å². The molecule has 2 heterocycles. The van der Waals surface area contributed by atoms with Gasteiger partial charge in [-0.05, 0) is 30.7 Å². The van der Waals surface area contributed by atoms with Gasteiger partial charge in [0, 0.05) is 17.8 Å². The minimum Gasteiger partial charge on any atom is -0.454 e. The van der Waals surface area contributed by atoms with Gasteiger partial charge in [-0.25, -0.2) is 0 Å². The Morgan fingerprint density at radius 3 is 2.42 bits per heavy atom. The first-order valence-corrected chi connectivity index (χ1v) is 8.11. The number of aryl methyl sites for hydroxylation is 1. The van der Waals surface area contributed by atoms with Crippen molar-refractivity contribution in [3.8, 4) is 0 Å². The highest BCUT2D eigenvalue weighted by atomic mass is 16.3. The van der Waals surface area contributed by atoms with Crippen LogP contribution >= 0.6 is 0 Å². The molecule has 1 aromatic heterocycles. The molecule has 1 aliphatic rings. The van der Waals surface area contributed by atoms with Crippen LogP contribution in [-0.4, -0.2) is 7.05 Å². The van der Waals surface area contributed by atoms with E-state index in [4.69, 9.17) is 4.42 Å². The molecule has 1 aliphatic heterocycles. The SMILES string of the molecule is Cc1ccc2c(oc3ccccc32)c1N1[CH]N(C)c2ccccc21. The van der Waals surface area contributed by atoms with E-state index in [0.717, 1.165) is 27.6 Å². The maximum absolute atomic E-state index is 6.25. The molecule has 0 aliphatic carbocycles. The minimum absolute atomic E-state index is 0.931. The molecule has 0 atom stereocenters. The van der Waals surface area contributed by atoms with Crippen molar-refractivity contribution in [2.24, 2.45) is 0 Å². The third-order valence-corrected chi connectivity index (χ3v) is 4.77. The molecule has 117 valence electrons.